The highest BCUT2D eigenvalue weighted by Crippen LogP contribution is 2.39. The van der Waals surface area contributed by atoms with Gasteiger partial charge in [-0.1, -0.05) is 23.7 Å². The quantitative estimate of drug-likeness (QED) is 0.768. The Balaban J connectivity index is 1.75. The fourth-order valence-corrected chi connectivity index (χ4v) is 3.38. The van der Waals surface area contributed by atoms with Crippen LogP contribution in [0.2, 0.25) is 5.02 Å². The highest BCUT2D eigenvalue weighted by Gasteiger charge is 2.50. The fourth-order valence-electron chi connectivity index (χ4n) is 3.19. The molecule has 2 unspecified atom stereocenters. The number of benzene rings is 1. The molecule has 2 aliphatic rings. The molecule has 0 spiro atoms. The average Bonchev–Trinajstić information content (AvgIpc) is 3.41. The maximum atomic E-state index is 12.8. The first-order valence-corrected chi connectivity index (χ1v) is 8.70. The maximum absolute atomic E-state index is 12.8. The third-order valence-corrected chi connectivity index (χ3v) is 5.24. The van der Waals surface area contributed by atoms with E-state index in [1.807, 2.05) is 0 Å². The first-order valence-electron chi connectivity index (χ1n) is 8.32. The number of nitriles is 1. The van der Waals surface area contributed by atoms with Crippen LogP contribution in [0.1, 0.15) is 32.3 Å². The summed E-state index contributed by atoms with van der Waals surface area (Å²) in [6.07, 6.45) is 1.75. The summed E-state index contributed by atoms with van der Waals surface area (Å²) in [6, 6.07) is 8.10. The van der Waals surface area contributed by atoms with Crippen LogP contribution in [0.3, 0.4) is 0 Å². The Morgan fingerprint density at radius 3 is 2.77 bits per heavy atom. The van der Waals surface area contributed by atoms with Crippen LogP contribution in [-0.2, 0) is 15.1 Å². The van der Waals surface area contributed by atoms with E-state index in [0.717, 1.165) is 17.7 Å². The van der Waals surface area contributed by atoms with Crippen molar-refractivity contribution in [2.75, 3.05) is 6.54 Å². The minimum Gasteiger partial charge on any atom is -0.336 e. The van der Waals surface area contributed by atoms with E-state index < -0.39 is 35.5 Å². The molecule has 0 aromatic heterocycles. The van der Waals surface area contributed by atoms with Crippen molar-refractivity contribution in [3.8, 4) is 6.07 Å². The summed E-state index contributed by atoms with van der Waals surface area (Å²) in [5.74, 6) is -0.971. The van der Waals surface area contributed by atoms with Crippen LogP contribution in [0, 0.1) is 17.2 Å². The number of halogens is 1. The van der Waals surface area contributed by atoms with Gasteiger partial charge in [0.15, 0.2) is 0 Å². The molecule has 1 aliphatic heterocycles. The van der Waals surface area contributed by atoms with Gasteiger partial charge < -0.3 is 10.6 Å². The monoisotopic (exact) mass is 374 g/mol. The van der Waals surface area contributed by atoms with Crippen molar-refractivity contribution in [1.82, 2.24) is 15.5 Å². The first-order chi connectivity index (χ1) is 12.2. The van der Waals surface area contributed by atoms with Crippen molar-refractivity contribution in [2.45, 2.75) is 37.8 Å². The molecule has 136 valence electrons. The van der Waals surface area contributed by atoms with Gasteiger partial charge in [-0.05, 0) is 50.3 Å². The van der Waals surface area contributed by atoms with Gasteiger partial charge >= 0.3 is 6.03 Å². The largest absolute Gasteiger partial charge is 0.336 e. The Kier molecular flexibility index (Phi) is 4.41. The summed E-state index contributed by atoms with van der Waals surface area (Å²) in [6.45, 7) is 2.79. The third-order valence-electron chi connectivity index (χ3n) is 5.00. The summed E-state index contributed by atoms with van der Waals surface area (Å²) in [7, 11) is 0. The molecule has 1 aromatic carbocycles. The van der Waals surface area contributed by atoms with Gasteiger partial charge in [-0.2, -0.15) is 5.26 Å². The number of carbonyl (C=O) groups is 3. The first kappa shape index (κ1) is 18.2. The Labute approximate surface area is 156 Å². The van der Waals surface area contributed by atoms with Gasteiger partial charge in [0, 0.05) is 5.02 Å². The molecule has 4 amide bonds. The number of rotatable bonds is 5. The van der Waals surface area contributed by atoms with Gasteiger partial charge in [-0.15, -0.1) is 0 Å². The predicted octanol–water partition coefficient (Wildman–Crippen LogP) is 1.92. The van der Waals surface area contributed by atoms with E-state index in [0.29, 0.717) is 10.6 Å². The molecule has 1 saturated heterocycles. The molecule has 7 nitrogen and oxygen atoms in total. The summed E-state index contributed by atoms with van der Waals surface area (Å²) >= 11 is 5.98. The van der Waals surface area contributed by atoms with Crippen molar-refractivity contribution < 1.29 is 14.4 Å². The second-order valence-corrected chi connectivity index (χ2v) is 7.53. The smallest absolute Gasteiger partial charge is 0.325 e. The molecule has 8 heteroatoms. The zero-order valence-corrected chi connectivity index (χ0v) is 15.3. The van der Waals surface area contributed by atoms with E-state index in [-0.39, 0.29) is 5.92 Å². The van der Waals surface area contributed by atoms with Gasteiger partial charge in [-0.3, -0.25) is 14.5 Å². The second kappa shape index (κ2) is 6.29. The van der Waals surface area contributed by atoms with E-state index in [1.54, 1.807) is 38.1 Å². The van der Waals surface area contributed by atoms with E-state index in [4.69, 9.17) is 11.6 Å². The van der Waals surface area contributed by atoms with Crippen LogP contribution in [0.15, 0.2) is 24.3 Å². The molecule has 2 atom stereocenters. The molecule has 1 saturated carbocycles. The molecule has 0 radical (unpaired) electrons. The van der Waals surface area contributed by atoms with Crippen molar-refractivity contribution in [3.05, 3.63) is 34.9 Å². The van der Waals surface area contributed by atoms with Crippen LogP contribution in [0.4, 0.5) is 4.79 Å². The number of amides is 4. The van der Waals surface area contributed by atoms with Crippen LogP contribution in [0.25, 0.3) is 0 Å². The molecule has 0 bridgehead atoms. The van der Waals surface area contributed by atoms with Crippen LogP contribution in [0.5, 0.6) is 0 Å². The molecule has 1 heterocycles. The Morgan fingerprint density at radius 2 is 2.19 bits per heavy atom. The molecule has 2 N–H and O–H groups in total. The van der Waals surface area contributed by atoms with E-state index in [2.05, 4.69) is 16.7 Å². The molecule has 1 aromatic rings. The fraction of sp³-hybridized carbons (Fsp3) is 0.444. The van der Waals surface area contributed by atoms with E-state index in [1.165, 1.54) is 0 Å². The zero-order valence-electron chi connectivity index (χ0n) is 14.5. The number of imide groups is 1. The number of urea groups is 1. The molecule has 26 heavy (non-hydrogen) atoms. The molecule has 1 aliphatic carbocycles. The molecular weight excluding hydrogens is 356 g/mol. The van der Waals surface area contributed by atoms with E-state index in [9.17, 15) is 19.6 Å². The van der Waals surface area contributed by atoms with Gasteiger partial charge in [0.25, 0.3) is 5.91 Å². The lowest BCUT2D eigenvalue weighted by Gasteiger charge is -2.25. The van der Waals surface area contributed by atoms with Crippen molar-refractivity contribution in [2.24, 2.45) is 5.92 Å². The lowest BCUT2D eigenvalue weighted by atomic mass is 9.92. The normalized spacial score (nSPS) is 24.6. The Bertz CT molecular complexity index is 832. The lowest BCUT2D eigenvalue weighted by molar-refractivity contribution is -0.135. The van der Waals surface area contributed by atoms with Gasteiger partial charge in [-0.25, -0.2) is 4.79 Å². The zero-order chi connectivity index (χ0) is 19.1. The minimum atomic E-state index is -1.29. The van der Waals surface area contributed by atoms with Crippen molar-refractivity contribution >= 4 is 29.4 Å². The third kappa shape index (κ3) is 3.13. The van der Waals surface area contributed by atoms with Gasteiger partial charge in [0.1, 0.15) is 17.6 Å². The van der Waals surface area contributed by atoms with Gasteiger partial charge in [0.2, 0.25) is 5.91 Å². The van der Waals surface area contributed by atoms with Gasteiger partial charge in [0.05, 0.1) is 6.07 Å². The Morgan fingerprint density at radius 1 is 1.50 bits per heavy atom. The number of nitrogens with one attached hydrogen (secondary N) is 2. The standard InChI is InChI=1S/C18H19ClN4O3/c1-17(10-20,11-6-7-11)21-14(24)9-23-15(25)18(2,22-16(23)26)12-4-3-5-13(19)8-12/h3-5,8,11H,6-7,9H2,1-2H3,(H,21,24)(H,22,26). The highest BCUT2D eigenvalue weighted by atomic mass is 35.5. The SMILES string of the molecule is CC1(c2cccc(Cl)c2)NC(=O)N(CC(=O)NC(C)(C#N)C2CC2)C1=O. The van der Waals surface area contributed by atoms with Crippen LogP contribution < -0.4 is 10.6 Å². The van der Waals surface area contributed by atoms with Crippen LogP contribution in [-0.4, -0.2) is 34.8 Å². The molecule has 3 rings (SSSR count). The number of nitrogens with zero attached hydrogens (tertiary/aromatic N) is 2. The second-order valence-electron chi connectivity index (χ2n) is 7.09. The highest BCUT2D eigenvalue weighted by molar-refractivity contribution is 6.30. The number of hydrogen-bond donors (Lipinski definition) is 2. The van der Waals surface area contributed by atoms with Crippen LogP contribution >= 0.6 is 11.6 Å². The minimum absolute atomic E-state index is 0.108. The summed E-state index contributed by atoms with van der Waals surface area (Å²) < 4.78 is 0. The summed E-state index contributed by atoms with van der Waals surface area (Å²) in [5.41, 5.74) is -1.74. The lowest BCUT2D eigenvalue weighted by Crippen LogP contribution is -2.51. The Hall–Kier alpha value is -2.59. The molecule has 2 fully saturated rings. The average molecular weight is 375 g/mol. The van der Waals surface area contributed by atoms with E-state index >= 15 is 0 Å². The summed E-state index contributed by atoms with van der Waals surface area (Å²) in [5, 5.41) is 15.0. The van der Waals surface area contributed by atoms with Crippen molar-refractivity contribution in [1.29, 1.82) is 5.26 Å². The number of carbonyl (C=O) groups excluding carboxylic acids is 3. The number of hydrogen-bond acceptors (Lipinski definition) is 4. The topological polar surface area (TPSA) is 102 Å². The van der Waals surface area contributed by atoms with Crippen molar-refractivity contribution in [3.63, 3.8) is 0 Å². The summed E-state index contributed by atoms with van der Waals surface area (Å²) in [4.78, 5) is 38.3. The maximum Gasteiger partial charge on any atom is 0.325 e. The predicted molar refractivity (Wildman–Crippen MR) is 93.9 cm³/mol. The molecular formula is C18H19ClN4O3.